The summed E-state index contributed by atoms with van der Waals surface area (Å²) in [4.78, 5) is 4.67. The van der Waals surface area contributed by atoms with Crippen molar-refractivity contribution >= 4 is 23.6 Å². The Balaban J connectivity index is 2.87. The molecule has 1 aromatic carbocycles. The van der Waals surface area contributed by atoms with E-state index in [-0.39, 0.29) is 5.88 Å². The van der Waals surface area contributed by atoms with Crippen LogP contribution < -0.4 is 10.8 Å². The van der Waals surface area contributed by atoms with Crippen LogP contribution in [0.25, 0.3) is 0 Å². The molecule has 0 fully saturated rings. The molecule has 0 aromatic heterocycles. The van der Waals surface area contributed by atoms with Gasteiger partial charge in [-0.1, -0.05) is 18.2 Å². The van der Waals surface area contributed by atoms with Crippen molar-refractivity contribution in [3.8, 4) is 0 Å². The van der Waals surface area contributed by atoms with E-state index in [1.165, 1.54) is 14.2 Å². The van der Waals surface area contributed by atoms with Gasteiger partial charge in [0, 0.05) is 12.4 Å². The van der Waals surface area contributed by atoms with Crippen molar-refractivity contribution in [2.24, 2.45) is 0 Å². The van der Waals surface area contributed by atoms with Crippen molar-refractivity contribution in [2.45, 2.75) is 0 Å². The molecule has 1 aromatic rings. The molecule has 0 saturated heterocycles. The maximum Gasteiger partial charge on any atom is 0.270 e. The van der Waals surface area contributed by atoms with Crippen molar-refractivity contribution in [2.75, 3.05) is 14.2 Å². The third kappa shape index (κ3) is 3.32. The molecule has 0 amide bonds. The lowest BCUT2D eigenvalue weighted by atomic mass is 10.4. The van der Waals surface area contributed by atoms with Crippen LogP contribution in [0.3, 0.4) is 0 Å². The van der Waals surface area contributed by atoms with Gasteiger partial charge in [-0.05, 0) is 30.5 Å². The minimum Gasteiger partial charge on any atom is -0.423 e. The molecule has 0 spiro atoms. The minimum atomic E-state index is -2.55. The van der Waals surface area contributed by atoms with Crippen LogP contribution in [-0.2, 0) is 25.7 Å². The minimum absolute atomic E-state index is 0.233. The summed E-state index contributed by atoms with van der Waals surface area (Å²) >= 11 is 5.37. The highest BCUT2D eigenvalue weighted by molar-refractivity contribution is 8.13. The number of nitrogens with one attached hydrogen (secondary N) is 1. The molecule has 1 rings (SSSR count). The van der Waals surface area contributed by atoms with Crippen molar-refractivity contribution in [3.05, 3.63) is 42.8 Å². The van der Waals surface area contributed by atoms with Crippen LogP contribution >= 0.6 is 6.49 Å². The summed E-state index contributed by atoms with van der Waals surface area (Å²) in [5, 5.41) is 0.826. The van der Waals surface area contributed by atoms with Gasteiger partial charge in [-0.15, -0.1) is 0 Å². The lowest BCUT2D eigenvalue weighted by Gasteiger charge is -2.22. The van der Waals surface area contributed by atoms with Gasteiger partial charge in [-0.2, -0.15) is 0 Å². The first kappa shape index (κ1) is 13.2. The molecule has 4 nitrogen and oxygen atoms in total. The number of hydrogen-bond donors (Lipinski definition) is 1. The fourth-order valence-corrected chi connectivity index (χ4v) is 2.97. The van der Waals surface area contributed by atoms with E-state index in [9.17, 15) is 0 Å². The third-order valence-electron chi connectivity index (χ3n) is 1.76. The molecule has 16 heavy (non-hydrogen) atoms. The van der Waals surface area contributed by atoms with E-state index >= 15 is 0 Å². The van der Waals surface area contributed by atoms with Gasteiger partial charge in [0.2, 0.25) is 5.88 Å². The zero-order chi connectivity index (χ0) is 12.0. The Bertz CT molecular complexity index is 396. The van der Waals surface area contributed by atoms with Crippen molar-refractivity contribution in [1.82, 2.24) is 5.48 Å². The van der Waals surface area contributed by atoms with E-state index < -0.39 is 6.49 Å². The molecule has 0 heterocycles. The summed E-state index contributed by atoms with van der Waals surface area (Å²) < 4.78 is 10.8. The standard InChI is InChI=1S/C10H14NO3PS/c1-9(11-12-2)14-15(16,13-3)10-7-5-4-6-8-10/h4-8,11H,1H2,2-3H3. The lowest BCUT2D eigenvalue weighted by molar-refractivity contribution is 0.0844. The van der Waals surface area contributed by atoms with Gasteiger partial charge in [0.25, 0.3) is 6.49 Å². The van der Waals surface area contributed by atoms with E-state index in [0.717, 1.165) is 5.30 Å². The maximum atomic E-state index is 5.49. The van der Waals surface area contributed by atoms with E-state index in [1.807, 2.05) is 30.3 Å². The first-order chi connectivity index (χ1) is 7.62. The Hall–Kier alpha value is -0.870. The Morgan fingerprint density at radius 2 is 1.94 bits per heavy atom. The third-order valence-corrected chi connectivity index (χ3v) is 4.93. The molecule has 0 bridgehead atoms. The quantitative estimate of drug-likeness (QED) is 0.480. The molecule has 0 saturated carbocycles. The van der Waals surface area contributed by atoms with Crippen LogP contribution in [0.15, 0.2) is 42.8 Å². The average molecular weight is 259 g/mol. The molecule has 88 valence electrons. The molecular formula is C10H14NO3PS. The van der Waals surface area contributed by atoms with Crippen LogP contribution in [0.5, 0.6) is 0 Å². The predicted molar refractivity (Wildman–Crippen MR) is 67.7 cm³/mol. The number of benzene rings is 1. The zero-order valence-electron chi connectivity index (χ0n) is 9.17. The monoisotopic (exact) mass is 259 g/mol. The zero-order valence-corrected chi connectivity index (χ0v) is 10.9. The van der Waals surface area contributed by atoms with Gasteiger partial charge >= 0.3 is 0 Å². The summed E-state index contributed by atoms with van der Waals surface area (Å²) in [7, 11) is 2.99. The Labute approximate surface area is 100 Å². The Morgan fingerprint density at radius 3 is 2.44 bits per heavy atom. The molecular weight excluding hydrogens is 245 g/mol. The summed E-state index contributed by atoms with van der Waals surface area (Å²) in [5.41, 5.74) is 2.47. The topological polar surface area (TPSA) is 39.7 Å². The summed E-state index contributed by atoms with van der Waals surface area (Å²) in [6.07, 6.45) is 0. The second-order valence-corrected chi connectivity index (χ2v) is 6.34. The number of rotatable bonds is 6. The first-order valence-corrected chi connectivity index (χ1v) is 7.15. The summed E-state index contributed by atoms with van der Waals surface area (Å²) in [6.45, 7) is 1.08. The normalized spacial score (nSPS) is 13.9. The van der Waals surface area contributed by atoms with Gasteiger partial charge < -0.3 is 9.05 Å². The molecule has 1 unspecified atom stereocenters. The van der Waals surface area contributed by atoms with Gasteiger partial charge in [0.1, 0.15) is 0 Å². The van der Waals surface area contributed by atoms with Crippen LogP contribution in [0.4, 0.5) is 0 Å². The van der Waals surface area contributed by atoms with Crippen molar-refractivity contribution in [1.29, 1.82) is 0 Å². The SMILES string of the molecule is C=C(NOC)OP(=S)(OC)c1ccccc1. The molecule has 0 radical (unpaired) electrons. The van der Waals surface area contributed by atoms with E-state index in [2.05, 4.69) is 16.9 Å². The van der Waals surface area contributed by atoms with E-state index in [4.69, 9.17) is 20.9 Å². The Kier molecular flexibility index (Phi) is 4.96. The second kappa shape index (κ2) is 6.01. The number of hydrogen-bond acceptors (Lipinski definition) is 5. The van der Waals surface area contributed by atoms with Gasteiger partial charge in [-0.3, -0.25) is 4.84 Å². The van der Waals surface area contributed by atoms with Gasteiger partial charge in [0.05, 0.1) is 7.11 Å². The summed E-state index contributed by atoms with van der Waals surface area (Å²) in [5.74, 6) is 0.233. The molecule has 1 N–H and O–H groups in total. The predicted octanol–water partition coefficient (Wildman–Crippen LogP) is 1.91. The lowest BCUT2D eigenvalue weighted by Crippen LogP contribution is -2.16. The largest absolute Gasteiger partial charge is 0.423 e. The Morgan fingerprint density at radius 1 is 1.31 bits per heavy atom. The first-order valence-electron chi connectivity index (χ1n) is 4.51. The maximum absolute atomic E-state index is 5.49. The molecule has 0 aliphatic carbocycles. The van der Waals surface area contributed by atoms with Crippen LogP contribution in [0.1, 0.15) is 0 Å². The highest BCUT2D eigenvalue weighted by Gasteiger charge is 2.22. The molecule has 0 aliphatic heterocycles. The van der Waals surface area contributed by atoms with Crippen LogP contribution in [-0.4, -0.2) is 14.2 Å². The summed E-state index contributed by atoms with van der Waals surface area (Å²) in [6, 6.07) is 9.40. The fourth-order valence-electron chi connectivity index (χ4n) is 1.08. The fraction of sp³-hybridized carbons (Fsp3) is 0.200. The molecule has 6 heteroatoms. The smallest absolute Gasteiger partial charge is 0.270 e. The van der Waals surface area contributed by atoms with Crippen molar-refractivity contribution in [3.63, 3.8) is 0 Å². The highest BCUT2D eigenvalue weighted by Crippen LogP contribution is 2.47. The van der Waals surface area contributed by atoms with E-state index in [0.29, 0.717) is 0 Å². The van der Waals surface area contributed by atoms with Crippen LogP contribution in [0, 0.1) is 0 Å². The molecule has 0 aliphatic rings. The molecule has 1 atom stereocenters. The average Bonchev–Trinajstić information content (AvgIpc) is 2.30. The van der Waals surface area contributed by atoms with Crippen LogP contribution in [0.2, 0.25) is 0 Å². The van der Waals surface area contributed by atoms with Gasteiger partial charge in [0.15, 0.2) is 0 Å². The van der Waals surface area contributed by atoms with E-state index in [1.54, 1.807) is 0 Å². The highest BCUT2D eigenvalue weighted by atomic mass is 32.5. The van der Waals surface area contributed by atoms with Crippen molar-refractivity contribution < 1.29 is 13.9 Å². The number of hydroxylamine groups is 1. The van der Waals surface area contributed by atoms with Gasteiger partial charge in [-0.25, -0.2) is 5.48 Å². The second-order valence-electron chi connectivity index (χ2n) is 2.84.